The quantitative estimate of drug-likeness (QED) is 0.405. The molecule has 1 fully saturated rings. The number of ether oxygens (including phenoxy) is 1. The summed E-state index contributed by atoms with van der Waals surface area (Å²) in [5.74, 6) is -0.240. The summed E-state index contributed by atoms with van der Waals surface area (Å²) in [5.41, 5.74) is -0.195. The number of halogens is 3. The van der Waals surface area contributed by atoms with Gasteiger partial charge in [-0.15, -0.1) is 0 Å². The topological polar surface area (TPSA) is 83.7 Å². The van der Waals surface area contributed by atoms with Crippen molar-refractivity contribution in [2.24, 2.45) is 0 Å². The van der Waals surface area contributed by atoms with Gasteiger partial charge in [-0.25, -0.2) is 23.1 Å². The zero-order chi connectivity index (χ0) is 22.2. The Morgan fingerprint density at radius 3 is 2.68 bits per heavy atom. The van der Waals surface area contributed by atoms with Gasteiger partial charge in [0.05, 0.1) is 29.5 Å². The Morgan fingerprint density at radius 1 is 1.29 bits per heavy atom. The Balaban J connectivity index is 1.77. The molecule has 0 aliphatic heterocycles. The van der Waals surface area contributed by atoms with Crippen molar-refractivity contribution in [1.29, 1.82) is 5.26 Å². The molecule has 1 saturated carbocycles. The molecule has 6 nitrogen and oxygen atoms in total. The molecule has 0 atom stereocenters. The highest BCUT2D eigenvalue weighted by Crippen LogP contribution is 2.51. The lowest BCUT2D eigenvalue weighted by Gasteiger charge is -2.15. The molecule has 3 aromatic rings. The lowest BCUT2D eigenvalue weighted by molar-refractivity contribution is 0.146. The number of pyridine rings is 1. The highest BCUT2D eigenvalue weighted by atomic mass is 32.2. The first-order chi connectivity index (χ1) is 14.9. The maximum atomic E-state index is 14.4. The zero-order valence-corrected chi connectivity index (χ0v) is 17.6. The second kappa shape index (κ2) is 8.23. The van der Waals surface area contributed by atoms with E-state index in [1.807, 2.05) is 0 Å². The van der Waals surface area contributed by atoms with Gasteiger partial charge in [0.1, 0.15) is 11.6 Å². The van der Waals surface area contributed by atoms with Crippen LogP contribution >= 0.6 is 11.8 Å². The maximum absolute atomic E-state index is 14.4. The van der Waals surface area contributed by atoms with Crippen LogP contribution in [0.3, 0.4) is 0 Å². The molecule has 0 saturated heterocycles. The first-order valence-corrected chi connectivity index (χ1v) is 10.7. The van der Waals surface area contributed by atoms with E-state index in [-0.39, 0.29) is 12.1 Å². The van der Waals surface area contributed by atoms with Crippen molar-refractivity contribution in [3.8, 4) is 11.9 Å². The van der Waals surface area contributed by atoms with Crippen LogP contribution in [-0.4, -0.2) is 28.3 Å². The predicted molar refractivity (Wildman–Crippen MR) is 111 cm³/mol. The Hall–Kier alpha value is -3.06. The molecule has 0 radical (unpaired) electrons. The lowest BCUT2D eigenvalue weighted by atomic mass is 9.98. The van der Waals surface area contributed by atoms with Gasteiger partial charge in [0.2, 0.25) is 5.88 Å². The van der Waals surface area contributed by atoms with Crippen LogP contribution in [0.2, 0.25) is 0 Å². The van der Waals surface area contributed by atoms with Crippen molar-refractivity contribution in [1.82, 2.24) is 15.0 Å². The SMILES string of the molecule is COc1nc2nc(SC)nc(NCc3cccc(C(F)F)c3F)c2cc1C1(C#N)CC1. The number of thioether (sulfide) groups is 1. The van der Waals surface area contributed by atoms with Crippen molar-refractivity contribution in [2.75, 3.05) is 18.7 Å². The Labute approximate surface area is 180 Å². The number of anilines is 1. The molecule has 0 unspecified atom stereocenters. The van der Waals surface area contributed by atoms with Crippen LogP contribution in [0.15, 0.2) is 29.4 Å². The molecule has 1 aliphatic rings. The van der Waals surface area contributed by atoms with Crippen LogP contribution < -0.4 is 10.1 Å². The summed E-state index contributed by atoms with van der Waals surface area (Å²) in [6.07, 6.45) is 0.302. The highest BCUT2D eigenvalue weighted by molar-refractivity contribution is 7.98. The fourth-order valence-corrected chi connectivity index (χ4v) is 3.75. The van der Waals surface area contributed by atoms with Gasteiger partial charge in [-0.05, 0) is 25.2 Å². The molecule has 1 N–H and O–H groups in total. The maximum Gasteiger partial charge on any atom is 0.266 e. The lowest BCUT2D eigenvalue weighted by Crippen LogP contribution is -2.10. The summed E-state index contributed by atoms with van der Waals surface area (Å²) < 4.78 is 45.9. The van der Waals surface area contributed by atoms with Gasteiger partial charge in [0.15, 0.2) is 10.8 Å². The van der Waals surface area contributed by atoms with Crippen LogP contribution in [0.4, 0.5) is 19.0 Å². The van der Waals surface area contributed by atoms with E-state index < -0.39 is 23.2 Å². The number of benzene rings is 1. The molecule has 0 bridgehead atoms. The van der Waals surface area contributed by atoms with Crippen LogP contribution in [0.1, 0.15) is 36.0 Å². The third kappa shape index (κ3) is 3.85. The molecule has 4 rings (SSSR count). The number of nitriles is 1. The number of rotatable bonds is 7. The summed E-state index contributed by atoms with van der Waals surface area (Å²) in [7, 11) is 1.49. The summed E-state index contributed by atoms with van der Waals surface area (Å²) in [5, 5.41) is 13.6. The van der Waals surface area contributed by atoms with Gasteiger partial charge in [-0.1, -0.05) is 30.0 Å². The molecule has 10 heteroatoms. The van der Waals surface area contributed by atoms with Gasteiger partial charge in [-0.2, -0.15) is 10.2 Å². The van der Waals surface area contributed by atoms with Crippen LogP contribution in [0, 0.1) is 17.1 Å². The van der Waals surface area contributed by atoms with Crippen LogP contribution in [0.25, 0.3) is 11.0 Å². The number of hydrogen-bond acceptors (Lipinski definition) is 7. The minimum absolute atomic E-state index is 0.0584. The van der Waals surface area contributed by atoms with Gasteiger partial charge < -0.3 is 10.1 Å². The van der Waals surface area contributed by atoms with Crippen LogP contribution in [0.5, 0.6) is 5.88 Å². The van der Waals surface area contributed by atoms with Crippen molar-refractivity contribution in [3.05, 3.63) is 46.8 Å². The number of fused-ring (bicyclic) bond motifs is 1. The third-order valence-electron chi connectivity index (χ3n) is 5.28. The first-order valence-electron chi connectivity index (χ1n) is 9.44. The van der Waals surface area contributed by atoms with E-state index in [1.54, 1.807) is 12.3 Å². The van der Waals surface area contributed by atoms with E-state index in [0.717, 1.165) is 6.07 Å². The Bertz CT molecular complexity index is 1190. The standard InChI is InChI=1S/C21H18F3N5OS/c1-30-19-14(21(10-25)6-7-21)8-13-17(28-20(31-2)29-18(13)27-19)26-9-11-4-3-5-12(15(11)22)16(23)24/h3-5,8,16H,6-7,9H2,1-2H3,(H,26,27,28,29). The Morgan fingerprint density at radius 2 is 2.06 bits per heavy atom. The van der Waals surface area contributed by atoms with E-state index >= 15 is 0 Å². The Kier molecular flexibility index (Phi) is 5.62. The van der Waals surface area contributed by atoms with Crippen molar-refractivity contribution in [3.63, 3.8) is 0 Å². The number of nitrogens with one attached hydrogen (secondary N) is 1. The number of aromatic nitrogens is 3. The molecule has 2 aromatic heterocycles. The van der Waals surface area contributed by atoms with E-state index in [2.05, 4.69) is 26.3 Å². The van der Waals surface area contributed by atoms with E-state index in [9.17, 15) is 18.4 Å². The first kappa shape index (κ1) is 21.2. The number of methoxy groups -OCH3 is 1. The van der Waals surface area contributed by atoms with Gasteiger partial charge in [0, 0.05) is 17.7 Å². The van der Waals surface area contributed by atoms with E-state index in [4.69, 9.17) is 4.74 Å². The summed E-state index contributed by atoms with van der Waals surface area (Å²) in [4.78, 5) is 13.3. The average Bonchev–Trinajstić information content (AvgIpc) is 3.58. The zero-order valence-electron chi connectivity index (χ0n) is 16.7. The minimum Gasteiger partial charge on any atom is -0.481 e. The predicted octanol–water partition coefficient (Wildman–Crippen LogP) is 5.00. The second-order valence-electron chi connectivity index (χ2n) is 7.14. The number of hydrogen-bond donors (Lipinski definition) is 1. The molecule has 0 spiro atoms. The summed E-state index contributed by atoms with van der Waals surface area (Å²) in [6.45, 7) is -0.0584. The molecule has 1 aliphatic carbocycles. The van der Waals surface area contributed by atoms with E-state index in [0.29, 0.717) is 46.3 Å². The van der Waals surface area contributed by atoms with Gasteiger partial charge in [-0.3, -0.25) is 0 Å². The van der Waals surface area contributed by atoms with Crippen molar-refractivity contribution < 1.29 is 17.9 Å². The summed E-state index contributed by atoms with van der Waals surface area (Å²) >= 11 is 1.30. The number of alkyl halides is 2. The minimum atomic E-state index is -2.90. The fourth-order valence-electron chi connectivity index (χ4n) is 3.39. The molecule has 1 aromatic carbocycles. The fraction of sp³-hybridized carbons (Fsp3) is 0.333. The average molecular weight is 445 g/mol. The second-order valence-corrected chi connectivity index (χ2v) is 7.92. The smallest absolute Gasteiger partial charge is 0.266 e. The normalized spacial score (nSPS) is 14.5. The van der Waals surface area contributed by atoms with Gasteiger partial charge >= 0.3 is 0 Å². The van der Waals surface area contributed by atoms with Crippen molar-refractivity contribution in [2.45, 2.75) is 36.4 Å². The van der Waals surface area contributed by atoms with Gasteiger partial charge in [0.25, 0.3) is 6.43 Å². The summed E-state index contributed by atoms with van der Waals surface area (Å²) in [6, 6.07) is 7.99. The molecule has 0 amide bonds. The molecule has 2 heterocycles. The highest BCUT2D eigenvalue weighted by Gasteiger charge is 2.47. The molecule has 160 valence electrons. The molecule has 31 heavy (non-hydrogen) atoms. The molecular weight excluding hydrogens is 427 g/mol. The third-order valence-corrected chi connectivity index (χ3v) is 5.82. The van der Waals surface area contributed by atoms with Crippen LogP contribution in [-0.2, 0) is 12.0 Å². The largest absolute Gasteiger partial charge is 0.481 e. The number of nitrogens with zero attached hydrogens (tertiary/aromatic N) is 4. The van der Waals surface area contributed by atoms with E-state index in [1.165, 1.54) is 31.0 Å². The monoisotopic (exact) mass is 445 g/mol. The molecular formula is C21H18F3N5OS. The van der Waals surface area contributed by atoms with Crippen molar-refractivity contribution >= 4 is 28.6 Å².